The number of nitrogens with one attached hydrogen (secondary N) is 1. The molecule has 2 N–H and O–H groups in total. The van der Waals surface area contributed by atoms with Gasteiger partial charge in [-0.05, 0) is 44.4 Å². The molecule has 0 saturated heterocycles. The molecular weight excluding hydrogens is 515 g/mol. The van der Waals surface area contributed by atoms with Gasteiger partial charge in [-0.1, -0.05) is 17.3 Å². The normalized spacial score (nSPS) is 14.6. The zero-order valence-electron chi connectivity index (χ0n) is 20.8. The molecule has 10 nitrogen and oxygen atoms in total. The number of nitrogens with zero attached hydrogens (tertiary/aromatic N) is 6. The lowest BCUT2D eigenvalue weighted by molar-refractivity contribution is -0.0584. The molecule has 13 heteroatoms. The van der Waals surface area contributed by atoms with Gasteiger partial charge in [-0.3, -0.25) is 14.6 Å². The van der Waals surface area contributed by atoms with E-state index in [2.05, 4.69) is 25.7 Å². The van der Waals surface area contributed by atoms with Crippen LogP contribution in [0.5, 0.6) is 0 Å². The number of amides is 1. The van der Waals surface area contributed by atoms with Gasteiger partial charge in [0.1, 0.15) is 18.1 Å². The van der Waals surface area contributed by atoms with Crippen molar-refractivity contribution in [2.24, 2.45) is 0 Å². The Labute approximate surface area is 220 Å². The van der Waals surface area contributed by atoms with Crippen molar-refractivity contribution in [2.45, 2.75) is 44.2 Å². The number of aromatic nitrogens is 6. The average molecular weight is 540 g/mol. The van der Waals surface area contributed by atoms with Gasteiger partial charge in [-0.15, -0.1) is 5.10 Å². The van der Waals surface area contributed by atoms with Crippen LogP contribution < -0.4 is 10.9 Å². The smallest absolute Gasteiger partial charge is 0.298 e. The van der Waals surface area contributed by atoms with E-state index >= 15 is 0 Å². The van der Waals surface area contributed by atoms with Crippen molar-refractivity contribution in [2.75, 3.05) is 6.61 Å². The van der Waals surface area contributed by atoms with Crippen molar-refractivity contribution in [3.63, 3.8) is 0 Å². The summed E-state index contributed by atoms with van der Waals surface area (Å²) in [7, 11) is 0. The van der Waals surface area contributed by atoms with Crippen LogP contribution in [0.2, 0.25) is 0 Å². The van der Waals surface area contributed by atoms with Gasteiger partial charge < -0.3 is 10.4 Å². The van der Waals surface area contributed by atoms with E-state index in [1.54, 1.807) is 18.5 Å². The summed E-state index contributed by atoms with van der Waals surface area (Å²) in [5.41, 5.74) is -0.157. The molecule has 5 rings (SSSR count). The molecule has 3 heterocycles. The molecule has 1 aromatic carbocycles. The Morgan fingerprint density at radius 1 is 1.21 bits per heavy atom. The van der Waals surface area contributed by atoms with Crippen LogP contribution in [0.4, 0.5) is 13.2 Å². The molecule has 1 fully saturated rings. The van der Waals surface area contributed by atoms with Crippen LogP contribution in [-0.4, -0.2) is 47.4 Å². The minimum absolute atomic E-state index is 0.162. The van der Waals surface area contributed by atoms with E-state index in [9.17, 15) is 22.8 Å². The fourth-order valence-corrected chi connectivity index (χ4v) is 4.35. The van der Waals surface area contributed by atoms with Crippen LogP contribution in [0, 0.1) is 5.82 Å². The van der Waals surface area contributed by atoms with Gasteiger partial charge in [0.2, 0.25) is 0 Å². The topological polar surface area (TPSA) is 128 Å². The molecule has 4 aromatic rings. The number of benzene rings is 1. The zero-order valence-corrected chi connectivity index (χ0v) is 20.8. The maximum absolute atomic E-state index is 14.8. The number of pyridine rings is 1. The predicted molar refractivity (Wildman–Crippen MR) is 133 cm³/mol. The van der Waals surface area contributed by atoms with Crippen LogP contribution >= 0.6 is 0 Å². The first kappa shape index (κ1) is 26.2. The summed E-state index contributed by atoms with van der Waals surface area (Å²) in [6, 6.07) is 6.61. The molecule has 0 spiro atoms. The van der Waals surface area contributed by atoms with Gasteiger partial charge in [0, 0.05) is 23.4 Å². The maximum atomic E-state index is 14.8. The van der Waals surface area contributed by atoms with Crippen molar-refractivity contribution >= 4 is 5.91 Å². The Balaban J connectivity index is 1.40. The Hall–Kier alpha value is -4.39. The van der Waals surface area contributed by atoms with Crippen molar-refractivity contribution < 1.29 is 23.1 Å². The fourth-order valence-electron chi connectivity index (χ4n) is 4.35. The van der Waals surface area contributed by atoms with Gasteiger partial charge in [-0.2, -0.15) is 18.6 Å². The molecule has 0 radical (unpaired) electrons. The third-order valence-electron chi connectivity index (χ3n) is 6.73. The van der Waals surface area contributed by atoms with Crippen molar-refractivity contribution in [1.82, 2.24) is 35.1 Å². The molecule has 1 aliphatic carbocycles. The van der Waals surface area contributed by atoms with E-state index in [0.29, 0.717) is 11.3 Å². The van der Waals surface area contributed by atoms with Crippen molar-refractivity contribution in [3.8, 4) is 16.9 Å². The molecule has 1 amide bonds. The van der Waals surface area contributed by atoms with E-state index < -0.39 is 41.4 Å². The van der Waals surface area contributed by atoms with Crippen molar-refractivity contribution in [3.05, 3.63) is 88.0 Å². The number of hydrogen-bond acceptors (Lipinski definition) is 7. The lowest BCUT2D eigenvalue weighted by Crippen LogP contribution is -2.31. The van der Waals surface area contributed by atoms with E-state index in [4.69, 9.17) is 5.11 Å². The summed E-state index contributed by atoms with van der Waals surface area (Å²) in [5.74, 6) is -5.78. The number of carbonyl (C=O) groups excluding carboxylic acids is 1. The van der Waals surface area contributed by atoms with E-state index in [1.807, 2.05) is 4.68 Å². The molecule has 1 saturated carbocycles. The zero-order chi connectivity index (χ0) is 27.7. The molecule has 0 aliphatic heterocycles. The predicted octanol–water partition coefficient (Wildman–Crippen LogP) is 3.33. The number of hydrogen-bond donors (Lipinski definition) is 2. The van der Waals surface area contributed by atoms with Gasteiger partial charge in [0.25, 0.3) is 17.4 Å². The highest BCUT2D eigenvalue weighted by molar-refractivity contribution is 5.92. The average Bonchev–Trinajstić information content (AvgIpc) is 3.37. The molecule has 202 valence electrons. The molecule has 3 aromatic heterocycles. The lowest BCUT2D eigenvalue weighted by Gasteiger charge is -2.26. The van der Waals surface area contributed by atoms with Crippen LogP contribution in [0.3, 0.4) is 0 Å². The molecule has 0 unspecified atom stereocenters. The first-order chi connectivity index (χ1) is 18.7. The quantitative estimate of drug-likeness (QED) is 0.352. The van der Waals surface area contributed by atoms with Crippen LogP contribution in [0.25, 0.3) is 16.9 Å². The molecule has 0 bridgehead atoms. The number of rotatable bonds is 8. The van der Waals surface area contributed by atoms with E-state index in [1.165, 1.54) is 31.3 Å². The number of aliphatic hydroxyl groups is 1. The Kier molecular flexibility index (Phi) is 7.00. The molecule has 1 atom stereocenters. The second-order valence-electron chi connectivity index (χ2n) is 9.32. The lowest BCUT2D eigenvalue weighted by atomic mass is 9.93. The van der Waals surface area contributed by atoms with Crippen LogP contribution in [0.1, 0.15) is 59.9 Å². The molecule has 39 heavy (non-hydrogen) atoms. The summed E-state index contributed by atoms with van der Waals surface area (Å²) in [4.78, 5) is 29.8. The molecule has 1 aliphatic rings. The first-order valence-corrected chi connectivity index (χ1v) is 12.2. The number of carbonyl (C=O) groups is 1. The highest BCUT2D eigenvalue weighted by Crippen LogP contribution is 2.34. The summed E-state index contributed by atoms with van der Waals surface area (Å²) < 4.78 is 45.5. The van der Waals surface area contributed by atoms with Gasteiger partial charge >= 0.3 is 0 Å². The van der Waals surface area contributed by atoms with Gasteiger partial charge in [0.15, 0.2) is 0 Å². The largest absolute Gasteiger partial charge is 0.390 e. The Morgan fingerprint density at radius 3 is 2.72 bits per heavy atom. The van der Waals surface area contributed by atoms with Crippen LogP contribution in [0.15, 0.2) is 59.8 Å². The standard InChI is InChI=1S/C26H24F3N7O3/c1-15(19-6-3-7-20(24(19)27)26(28,29)14-37)32-25(39)21-8-9-23(38)36(33-21)18-10-16(11-30-12-18)22-13-31-34-35(22)17-4-2-5-17/h3,6-13,15,17,37H,2,4-5,14H2,1H3,(H,32,39)/t15-/m1/s1. The summed E-state index contributed by atoms with van der Waals surface area (Å²) in [5, 5.41) is 23.8. The monoisotopic (exact) mass is 539 g/mol. The van der Waals surface area contributed by atoms with E-state index in [-0.39, 0.29) is 17.3 Å². The highest BCUT2D eigenvalue weighted by Gasteiger charge is 2.35. The summed E-state index contributed by atoms with van der Waals surface area (Å²) in [6.45, 7) is -0.144. The summed E-state index contributed by atoms with van der Waals surface area (Å²) in [6.07, 6.45) is 7.76. The number of halogens is 3. The second kappa shape index (κ2) is 10.4. The molecular formula is C26H24F3N7O3. The minimum atomic E-state index is -3.78. The van der Waals surface area contributed by atoms with Gasteiger partial charge in [-0.25, -0.2) is 9.07 Å². The van der Waals surface area contributed by atoms with Crippen molar-refractivity contribution in [1.29, 1.82) is 0 Å². The maximum Gasteiger partial charge on any atom is 0.298 e. The number of aliphatic hydroxyl groups excluding tert-OH is 1. The SMILES string of the molecule is C[C@@H](NC(=O)c1ccc(=O)n(-c2cncc(-c3cnnn3C3CCC3)c2)n1)c1cccc(C(F)(F)CO)c1F. The highest BCUT2D eigenvalue weighted by atomic mass is 19.3. The second-order valence-corrected chi connectivity index (χ2v) is 9.32. The van der Waals surface area contributed by atoms with Crippen LogP contribution in [-0.2, 0) is 5.92 Å². The minimum Gasteiger partial charge on any atom is -0.390 e. The first-order valence-electron chi connectivity index (χ1n) is 12.2. The van der Waals surface area contributed by atoms with Gasteiger partial charge in [0.05, 0.1) is 41.4 Å². The summed E-state index contributed by atoms with van der Waals surface area (Å²) >= 11 is 0. The Bertz CT molecular complexity index is 1580. The van der Waals surface area contributed by atoms with E-state index in [0.717, 1.165) is 41.8 Å². The fraction of sp³-hybridized carbons (Fsp3) is 0.308. The number of alkyl halides is 2. The third kappa shape index (κ3) is 5.04. The third-order valence-corrected chi connectivity index (χ3v) is 6.73. The Morgan fingerprint density at radius 2 is 2.00 bits per heavy atom.